The van der Waals surface area contributed by atoms with Gasteiger partial charge in [-0.3, -0.25) is 9.78 Å². The normalized spacial score (nSPS) is 11.0. The molecule has 122 valence electrons. The van der Waals surface area contributed by atoms with E-state index in [1.807, 2.05) is 73.3 Å². The number of hydrogen-bond acceptors (Lipinski definition) is 3. The number of pyridine rings is 1. The summed E-state index contributed by atoms with van der Waals surface area (Å²) < 4.78 is 0. The minimum absolute atomic E-state index is 0.0218. The first-order valence-corrected chi connectivity index (χ1v) is 8.44. The first-order chi connectivity index (χ1) is 11.6. The Morgan fingerprint density at radius 1 is 1.08 bits per heavy atom. The summed E-state index contributed by atoms with van der Waals surface area (Å²) in [6.07, 6.45) is 1.72. The fourth-order valence-electron chi connectivity index (χ4n) is 2.73. The summed E-state index contributed by atoms with van der Waals surface area (Å²) in [5, 5.41) is 0.984. The molecule has 4 heteroatoms. The second-order valence-corrected chi connectivity index (χ2v) is 6.50. The zero-order chi connectivity index (χ0) is 17.1. The lowest BCUT2D eigenvalue weighted by Crippen LogP contribution is -2.36. The van der Waals surface area contributed by atoms with Crippen molar-refractivity contribution in [2.75, 3.05) is 0 Å². The van der Waals surface area contributed by atoms with Crippen molar-refractivity contribution in [1.29, 1.82) is 0 Å². The number of aromatic nitrogens is 1. The van der Waals surface area contributed by atoms with Gasteiger partial charge in [-0.1, -0.05) is 42.5 Å². The molecule has 1 amide bonds. The number of benzene rings is 2. The number of carbonyl (C=O) groups excluding carboxylic acids is 1. The monoisotopic (exact) mass is 336 g/mol. The van der Waals surface area contributed by atoms with E-state index in [9.17, 15) is 4.79 Å². The Hall–Kier alpha value is -2.33. The van der Waals surface area contributed by atoms with Crippen LogP contribution in [0.1, 0.15) is 29.8 Å². The van der Waals surface area contributed by atoms with Crippen LogP contribution in [0.2, 0.25) is 0 Å². The standard InChI is InChI=1S/C20H20N2OS/c1-14(2)22(13-15-7-4-3-5-8-15)20(23)17-11-10-16-9-6-12-21-18(16)19(17)24/h3-12,14,24H,13H2,1-2H3. The lowest BCUT2D eigenvalue weighted by atomic mass is 10.1. The van der Waals surface area contributed by atoms with Crippen molar-refractivity contribution in [2.45, 2.75) is 31.3 Å². The van der Waals surface area contributed by atoms with Crippen LogP contribution in [0.25, 0.3) is 10.9 Å². The first kappa shape index (κ1) is 16.5. The van der Waals surface area contributed by atoms with Crippen LogP contribution in [-0.2, 0) is 6.54 Å². The number of thiol groups is 1. The molecule has 0 saturated carbocycles. The maximum absolute atomic E-state index is 13.1. The van der Waals surface area contributed by atoms with E-state index in [0.717, 1.165) is 16.5 Å². The SMILES string of the molecule is CC(C)N(Cc1ccccc1)C(=O)c1ccc2cccnc2c1S. The van der Waals surface area contributed by atoms with Crippen molar-refractivity contribution in [1.82, 2.24) is 9.88 Å². The smallest absolute Gasteiger partial charge is 0.255 e. The maximum Gasteiger partial charge on any atom is 0.255 e. The van der Waals surface area contributed by atoms with Gasteiger partial charge in [0.15, 0.2) is 0 Å². The van der Waals surface area contributed by atoms with E-state index in [0.29, 0.717) is 17.0 Å². The molecule has 0 N–H and O–H groups in total. The molecule has 0 fully saturated rings. The molecule has 24 heavy (non-hydrogen) atoms. The highest BCUT2D eigenvalue weighted by molar-refractivity contribution is 7.80. The summed E-state index contributed by atoms with van der Waals surface area (Å²) in [5.74, 6) is -0.0218. The van der Waals surface area contributed by atoms with Crippen LogP contribution in [0.4, 0.5) is 0 Å². The molecule has 0 radical (unpaired) electrons. The molecule has 0 bridgehead atoms. The Kier molecular flexibility index (Phi) is 4.86. The summed E-state index contributed by atoms with van der Waals surface area (Å²) in [6.45, 7) is 4.63. The van der Waals surface area contributed by atoms with Gasteiger partial charge >= 0.3 is 0 Å². The second-order valence-electron chi connectivity index (χ2n) is 6.05. The summed E-state index contributed by atoms with van der Waals surface area (Å²) in [6, 6.07) is 17.7. The highest BCUT2D eigenvalue weighted by Gasteiger charge is 2.22. The minimum atomic E-state index is -0.0218. The lowest BCUT2D eigenvalue weighted by molar-refractivity contribution is 0.0687. The van der Waals surface area contributed by atoms with Gasteiger partial charge in [-0.05, 0) is 31.5 Å². The zero-order valence-corrected chi connectivity index (χ0v) is 14.7. The quantitative estimate of drug-likeness (QED) is 0.708. The van der Waals surface area contributed by atoms with Crippen LogP contribution in [0.3, 0.4) is 0 Å². The molecule has 0 aliphatic carbocycles. The number of nitrogens with zero attached hydrogens (tertiary/aromatic N) is 2. The molecular weight excluding hydrogens is 316 g/mol. The number of rotatable bonds is 4. The summed E-state index contributed by atoms with van der Waals surface area (Å²) in [5.41, 5.74) is 2.46. The molecule has 0 spiro atoms. The van der Waals surface area contributed by atoms with Gasteiger partial charge in [0.05, 0.1) is 11.1 Å². The Labute approximate surface area is 147 Å². The average Bonchev–Trinajstić information content (AvgIpc) is 2.60. The first-order valence-electron chi connectivity index (χ1n) is 7.99. The molecule has 1 aromatic heterocycles. The molecule has 0 saturated heterocycles. The van der Waals surface area contributed by atoms with Crippen molar-refractivity contribution in [2.24, 2.45) is 0 Å². The third kappa shape index (κ3) is 3.29. The van der Waals surface area contributed by atoms with Gasteiger partial charge < -0.3 is 4.90 Å². The number of amides is 1. The fraction of sp³-hybridized carbons (Fsp3) is 0.200. The highest BCUT2D eigenvalue weighted by Crippen LogP contribution is 2.26. The Bertz CT molecular complexity index is 862. The van der Waals surface area contributed by atoms with Crippen molar-refractivity contribution >= 4 is 29.4 Å². The van der Waals surface area contributed by atoms with Gasteiger partial charge in [0, 0.05) is 29.1 Å². The average molecular weight is 336 g/mol. The second kappa shape index (κ2) is 7.05. The Morgan fingerprint density at radius 3 is 2.54 bits per heavy atom. The van der Waals surface area contributed by atoms with E-state index >= 15 is 0 Å². The van der Waals surface area contributed by atoms with E-state index in [-0.39, 0.29) is 11.9 Å². The van der Waals surface area contributed by atoms with E-state index < -0.39 is 0 Å². The van der Waals surface area contributed by atoms with Gasteiger partial charge in [-0.25, -0.2) is 0 Å². The minimum Gasteiger partial charge on any atom is -0.332 e. The summed E-state index contributed by atoms with van der Waals surface area (Å²) in [7, 11) is 0. The molecule has 3 aromatic rings. The largest absolute Gasteiger partial charge is 0.332 e. The van der Waals surface area contributed by atoms with E-state index in [4.69, 9.17) is 0 Å². The van der Waals surface area contributed by atoms with Crippen molar-refractivity contribution < 1.29 is 4.79 Å². The van der Waals surface area contributed by atoms with Crippen LogP contribution < -0.4 is 0 Å². The van der Waals surface area contributed by atoms with Crippen LogP contribution >= 0.6 is 12.6 Å². The summed E-state index contributed by atoms with van der Waals surface area (Å²) in [4.78, 5) is 20.0. The van der Waals surface area contributed by atoms with E-state index in [2.05, 4.69) is 17.6 Å². The van der Waals surface area contributed by atoms with E-state index in [1.165, 1.54) is 0 Å². The van der Waals surface area contributed by atoms with Crippen LogP contribution in [0.15, 0.2) is 65.7 Å². The predicted molar refractivity (Wildman–Crippen MR) is 100 cm³/mol. The number of hydrogen-bond donors (Lipinski definition) is 1. The highest BCUT2D eigenvalue weighted by atomic mass is 32.1. The molecule has 3 rings (SSSR count). The predicted octanol–water partition coefficient (Wildman–Crippen LogP) is 4.57. The van der Waals surface area contributed by atoms with Crippen LogP contribution in [-0.4, -0.2) is 21.8 Å². The molecule has 3 nitrogen and oxygen atoms in total. The number of fused-ring (bicyclic) bond motifs is 1. The van der Waals surface area contributed by atoms with Crippen molar-refractivity contribution in [3.05, 3.63) is 71.9 Å². The van der Waals surface area contributed by atoms with Crippen LogP contribution in [0.5, 0.6) is 0 Å². The third-order valence-electron chi connectivity index (χ3n) is 4.06. The van der Waals surface area contributed by atoms with E-state index in [1.54, 1.807) is 6.20 Å². The van der Waals surface area contributed by atoms with Gasteiger partial charge in [-0.2, -0.15) is 0 Å². The molecule has 0 unspecified atom stereocenters. The van der Waals surface area contributed by atoms with Gasteiger partial charge in [0.1, 0.15) is 0 Å². The lowest BCUT2D eigenvalue weighted by Gasteiger charge is -2.27. The van der Waals surface area contributed by atoms with Crippen molar-refractivity contribution in [3.63, 3.8) is 0 Å². The van der Waals surface area contributed by atoms with Gasteiger partial charge in [0.2, 0.25) is 0 Å². The Morgan fingerprint density at radius 2 is 1.83 bits per heavy atom. The van der Waals surface area contributed by atoms with Gasteiger partial charge in [0.25, 0.3) is 5.91 Å². The molecule has 1 heterocycles. The fourth-order valence-corrected chi connectivity index (χ4v) is 3.08. The molecule has 0 atom stereocenters. The molecule has 2 aromatic carbocycles. The topological polar surface area (TPSA) is 33.2 Å². The van der Waals surface area contributed by atoms with Crippen LogP contribution in [0, 0.1) is 0 Å². The number of carbonyl (C=O) groups is 1. The Balaban J connectivity index is 1.97. The molecule has 0 aliphatic rings. The molecular formula is C20H20N2OS. The van der Waals surface area contributed by atoms with Gasteiger partial charge in [-0.15, -0.1) is 12.6 Å². The van der Waals surface area contributed by atoms with Crippen molar-refractivity contribution in [3.8, 4) is 0 Å². The maximum atomic E-state index is 13.1. The molecule has 0 aliphatic heterocycles. The summed E-state index contributed by atoms with van der Waals surface area (Å²) >= 11 is 4.58. The third-order valence-corrected chi connectivity index (χ3v) is 4.51. The zero-order valence-electron chi connectivity index (χ0n) is 13.8.